The van der Waals surface area contributed by atoms with Crippen LogP contribution in [0.5, 0.6) is 0 Å². The van der Waals surface area contributed by atoms with Crippen molar-refractivity contribution in [3.8, 4) is 0 Å². The van der Waals surface area contributed by atoms with Crippen LogP contribution in [0.2, 0.25) is 0 Å². The predicted octanol–water partition coefficient (Wildman–Crippen LogP) is 9.57. The molecule has 0 spiro atoms. The van der Waals surface area contributed by atoms with Crippen LogP contribution in [-0.4, -0.2) is 9.13 Å². The van der Waals surface area contributed by atoms with Gasteiger partial charge in [0.2, 0.25) is 0 Å². The van der Waals surface area contributed by atoms with Crippen LogP contribution < -0.4 is 11.5 Å². The SMILES string of the molecule is CC(C)c1oc2c3ccccc3n(C(C)CCC(C)c3sc4c5ccccc5n(C(C)C)c4c3N)c2c1N. The van der Waals surface area contributed by atoms with Crippen LogP contribution in [0.1, 0.15) is 88.9 Å². The van der Waals surface area contributed by atoms with E-state index in [1.54, 1.807) is 0 Å². The van der Waals surface area contributed by atoms with Crippen LogP contribution in [0.25, 0.3) is 43.1 Å². The highest BCUT2D eigenvalue weighted by Gasteiger charge is 2.26. The Morgan fingerprint density at radius 3 is 2.05 bits per heavy atom. The zero-order valence-corrected chi connectivity index (χ0v) is 24.0. The number of hydrogen-bond donors (Lipinski definition) is 2. The summed E-state index contributed by atoms with van der Waals surface area (Å²) in [6.45, 7) is 13.4. The molecule has 0 aliphatic heterocycles. The molecule has 0 bridgehead atoms. The summed E-state index contributed by atoms with van der Waals surface area (Å²) in [6.07, 6.45) is 2.06. The number of fused-ring (bicyclic) bond motifs is 6. The summed E-state index contributed by atoms with van der Waals surface area (Å²) in [5, 5.41) is 2.43. The van der Waals surface area contributed by atoms with Gasteiger partial charge in [0.25, 0.3) is 0 Å². The Kier molecular flexibility index (Phi) is 5.98. The van der Waals surface area contributed by atoms with Gasteiger partial charge in [0, 0.05) is 33.7 Å². The predicted molar refractivity (Wildman–Crippen MR) is 165 cm³/mol. The number of thiophene rings is 1. The van der Waals surface area contributed by atoms with E-state index < -0.39 is 0 Å². The van der Waals surface area contributed by atoms with Crippen LogP contribution >= 0.6 is 11.3 Å². The largest absolute Gasteiger partial charge is 0.456 e. The maximum atomic E-state index is 6.90. The van der Waals surface area contributed by atoms with Gasteiger partial charge in [-0.25, -0.2) is 0 Å². The van der Waals surface area contributed by atoms with Gasteiger partial charge in [-0.1, -0.05) is 51.1 Å². The van der Waals surface area contributed by atoms with Gasteiger partial charge in [0.15, 0.2) is 5.58 Å². The van der Waals surface area contributed by atoms with Crippen LogP contribution in [0, 0.1) is 0 Å². The molecule has 6 heteroatoms. The number of aromatic nitrogens is 2. The van der Waals surface area contributed by atoms with Crippen molar-refractivity contribution in [2.24, 2.45) is 0 Å². The number of anilines is 2. The first kappa shape index (κ1) is 24.9. The number of nitrogens with two attached hydrogens (primary N) is 2. The van der Waals surface area contributed by atoms with E-state index in [0.29, 0.717) is 12.0 Å². The molecule has 4 heterocycles. The molecule has 2 unspecified atom stereocenters. The normalized spacial score (nSPS) is 14.2. The molecule has 6 rings (SSSR count). The number of rotatable bonds is 7. The lowest BCUT2D eigenvalue weighted by Crippen LogP contribution is -2.08. The Labute approximate surface area is 228 Å². The Morgan fingerprint density at radius 2 is 1.39 bits per heavy atom. The number of furan rings is 1. The zero-order valence-electron chi connectivity index (χ0n) is 23.2. The summed E-state index contributed by atoms with van der Waals surface area (Å²) in [5.74, 6) is 1.48. The molecule has 2 aromatic carbocycles. The van der Waals surface area contributed by atoms with Crippen molar-refractivity contribution in [1.82, 2.24) is 9.13 Å². The number of hydrogen-bond acceptors (Lipinski definition) is 4. The van der Waals surface area contributed by atoms with Crippen molar-refractivity contribution in [1.29, 1.82) is 0 Å². The first-order valence-corrected chi connectivity index (χ1v) is 14.6. The minimum absolute atomic E-state index is 0.240. The van der Waals surface area contributed by atoms with Gasteiger partial charge >= 0.3 is 0 Å². The van der Waals surface area contributed by atoms with E-state index in [1.807, 2.05) is 11.3 Å². The lowest BCUT2D eigenvalue weighted by atomic mass is 9.99. The summed E-state index contributed by atoms with van der Waals surface area (Å²) >= 11 is 1.88. The average Bonchev–Trinajstić information content (AvgIpc) is 3.60. The maximum Gasteiger partial charge on any atom is 0.162 e. The molecular weight excluding hydrogens is 488 g/mol. The minimum atomic E-state index is 0.240. The van der Waals surface area contributed by atoms with Gasteiger partial charge in [0.1, 0.15) is 11.3 Å². The molecular formula is C32H38N4OS. The van der Waals surface area contributed by atoms with Gasteiger partial charge in [-0.2, -0.15) is 0 Å². The van der Waals surface area contributed by atoms with E-state index in [4.69, 9.17) is 15.9 Å². The Bertz CT molecular complexity index is 1790. The molecule has 4 aromatic heterocycles. The van der Waals surface area contributed by atoms with Crippen molar-refractivity contribution >= 4 is 65.8 Å². The number of para-hydroxylation sites is 2. The molecule has 0 fully saturated rings. The third-order valence-corrected chi connectivity index (χ3v) is 9.60. The first-order valence-electron chi connectivity index (χ1n) is 13.8. The molecule has 38 heavy (non-hydrogen) atoms. The first-order chi connectivity index (χ1) is 18.2. The van der Waals surface area contributed by atoms with Crippen molar-refractivity contribution in [3.63, 3.8) is 0 Å². The summed E-state index contributed by atoms with van der Waals surface area (Å²) in [7, 11) is 0. The second-order valence-electron chi connectivity index (χ2n) is 11.5. The smallest absolute Gasteiger partial charge is 0.162 e. The Morgan fingerprint density at radius 1 is 0.763 bits per heavy atom. The zero-order chi connectivity index (χ0) is 26.9. The standard InChI is InChI=1S/C32H38N4OS/c1-17(2)29-25(33)27-30(37-29)21-11-7-9-13-23(21)36(27)20(6)16-15-19(5)31-26(34)28-32(38-31)22-12-8-10-14-24(22)35(28)18(3)4/h7-14,17-20H,15-16,33-34H2,1-6H3. The summed E-state index contributed by atoms with van der Waals surface area (Å²) in [6, 6.07) is 17.8. The summed E-state index contributed by atoms with van der Waals surface area (Å²) in [4.78, 5) is 1.30. The minimum Gasteiger partial charge on any atom is -0.456 e. The molecule has 0 amide bonds. The van der Waals surface area contributed by atoms with E-state index in [9.17, 15) is 0 Å². The van der Waals surface area contributed by atoms with Crippen molar-refractivity contribution in [3.05, 3.63) is 59.2 Å². The van der Waals surface area contributed by atoms with Crippen LogP contribution in [0.3, 0.4) is 0 Å². The van der Waals surface area contributed by atoms with Crippen molar-refractivity contribution in [2.45, 2.75) is 78.3 Å². The third-order valence-electron chi connectivity index (χ3n) is 8.14. The topological polar surface area (TPSA) is 75.0 Å². The lowest BCUT2D eigenvalue weighted by Gasteiger charge is -2.19. The number of nitrogens with zero attached hydrogens (tertiary/aromatic N) is 2. The monoisotopic (exact) mass is 526 g/mol. The Balaban J connectivity index is 1.35. The number of benzene rings is 2. The highest BCUT2D eigenvalue weighted by atomic mass is 32.1. The van der Waals surface area contributed by atoms with Crippen LogP contribution in [0.4, 0.5) is 11.4 Å². The molecule has 4 N–H and O–H groups in total. The summed E-state index contributed by atoms with van der Waals surface area (Å²) in [5.41, 5.74) is 20.9. The molecule has 0 radical (unpaired) electrons. The molecule has 2 atom stereocenters. The molecule has 6 aromatic rings. The van der Waals surface area contributed by atoms with E-state index in [2.05, 4.69) is 99.2 Å². The number of nitrogen functional groups attached to an aromatic ring is 2. The fourth-order valence-electron chi connectivity index (χ4n) is 6.28. The molecule has 5 nitrogen and oxygen atoms in total. The van der Waals surface area contributed by atoms with Gasteiger partial charge in [-0.15, -0.1) is 11.3 Å². The van der Waals surface area contributed by atoms with Gasteiger partial charge < -0.3 is 25.0 Å². The average molecular weight is 527 g/mol. The van der Waals surface area contributed by atoms with Crippen molar-refractivity contribution in [2.75, 3.05) is 11.5 Å². The third kappa shape index (κ3) is 3.57. The summed E-state index contributed by atoms with van der Waals surface area (Å²) < 4.78 is 12.5. The van der Waals surface area contributed by atoms with E-state index in [-0.39, 0.29) is 12.0 Å². The second-order valence-corrected chi connectivity index (χ2v) is 12.5. The molecule has 198 valence electrons. The Hall–Kier alpha value is -3.38. The fourth-order valence-corrected chi connectivity index (χ4v) is 7.61. The highest BCUT2D eigenvalue weighted by Crippen LogP contribution is 2.47. The quantitative estimate of drug-likeness (QED) is 0.217. The molecule has 0 saturated heterocycles. The van der Waals surface area contributed by atoms with E-state index >= 15 is 0 Å². The lowest BCUT2D eigenvalue weighted by molar-refractivity contribution is 0.488. The van der Waals surface area contributed by atoms with E-state index in [1.165, 1.54) is 31.5 Å². The van der Waals surface area contributed by atoms with Crippen LogP contribution in [-0.2, 0) is 0 Å². The van der Waals surface area contributed by atoms with Gasteiger partial charge in [0.05, 0.1) is 32.6 Å². The van der Waals surface area contributed by atoms with E-state index in [0.717, 1.165) is 46.5 Å². The fraction of sp³-hybridized carbons (Fsp3) is 0.375. The highest BCUT2D eigenvalue weighted by molar-refractivity contribution is 7.20. The second kappa shape index (κ2) is 9.12. The molecule has 0 aliphatic rings. The maximum absolute atomic E-state index is 6.90. The van der Waals surface area contributed by atoms with Gasteiger partial charge in [-0.05, 0) is 57.7 Å². The van der Waals surface area contributed by atoms with Gasteiger partial charge in [-0.3, -0.25) is 0 Å². The van der Waals surface area contributed by atoms with Crippen LogP contribution in [0.15, 0.2) is 52.9 Å². The molecule has 0 saturated carbocycles. The molecule has 0 aliphatic carbocycles. The van der Waals surface area contributed by atoms with Crippen molar-refractivity contribution < 1.29 is 4.42 Å².